The lowest BCUT2D eigenvalue weighted by atomic mass is 9.73. The molecule has 0 aromatic carbocycles. The van der Waals surface area contributed by atoms with E-state index in [2.05, 4.69) is 46.5 Å². The molecule has 0 amide bonds. The van der Waals surface area contributed by atoms with Gasteiger partial charge in [0.1, 0.15) is 6.33 Å². The van der Waals surface area contributed by atoms with Gasteiger partial charge in [-0.15, -0.1) is 5.10 Å². The average Bonchev–Trinajstić information content (AvgIpc) is 2.55. The minimum atomic E-state index is 0.563. The fourth-order valence-electron chi connectivity index (χ4n) is 2.27. The van der Waals surface area contributed by atoms with E-state index in [1.807, 2.05) is 11.0 Å². The van der Waals surface area contributed by atoms with E-state index in [0.717, 1.165) is 16.3 Å². The van der Waals surface area contributed by atoms with Gasteiger partial charge in [-0.2, -0.15) is 0 Å². The van der Waals surface area contributed by atoms with E-state index < -0.39 is 0 Å². The second-order valence-corrected chi connectivity index (χ2v) is 6.31. The van der Waals surface area contributed by atoms with Crippen LogP contribution in [0.4, 0.5) is 0 Å². The molecule has 0 N–H and O–H groups in total. The van der Waals surface area contributed by atoms with E-state index in [1.165, 1.54) is 25.7 Å². The highest BCUT2D eigenvalue weighted by Crippen LogP contribution is 2.38. The minimum absolute atomic E-state index is 0.563. The number of nitrogens with zero attached hydrogens (tertiary/aromatic N) is 3. The Morgan fingerprint density at radius 1 is 1.47 bits per heavy atom. The lowest BCUT2D eigenvalue weighted by molar-refractivity contribution is 0.175. The molecule has 84 valence electrons. The second kappa shape index (κ2) is 4.39. The van der Waals surface area contributed by atoms with E-state index >= 15 is 0 Å². The first-order valence-corrected chi connectivity index (χ1v) is 6.68. The van der Waals surface area contributed by atoms with Crippen molar-refractivity contribution < 1.29 is 0 Å². The number of hydrogen-bond acceptors (Lipinski definition) is 2. The zero-order valence-corrected chi connectivity index (χ0v) is 11.6. The molecule has 0 bridgehead atoms. The monoisotopic (exact) mass is 319 g/mol. The molecular weight excluding hydrogens is 301 g/mol. The van der Waals surface area contributed by atoms with Crippen LogP contribution in [0.25, 0.3) is 0 Å². The lowest BCUT2D eigenvalue weighted by Gasteiger charge is -2.34. The van der Waals surface area contributed by atoms with Crippen molar-refractivity contribution in [1.82, 2.24) is 14.8 Å². The van der Waals surface area contributed by atoms with Crippen LogP contribution in [-0.4, -0.2) is 14.8 Å². The predicted octanol–water partition coefficient (Wildman–Crippen LogP) is 3.10. The Labute approximate surface area is 105 Å². The van der Waals surface area contributed by atoms with Crippen LogP contribution in [0.15, 0.2) is 6.33 Å². The molecule has 0 unspecified atom stereocenters. The molecule has 1 aliphatic carbocycles. The van der Waals surface area contributed by atoms with Crippen LogP contribution >= 0.6 is 22.6 Å². The standard InChI is InChI=1S/C11H18IN3/c1-11(2)5-3-9(4-6-11)7-15-8-13-10(12)14-15/h8-9H,3-7H2,1-2H3. The van der Waals surface area contributed by atoms with Gasteiger partial charge in [-0.25, -0.2) is 4.98 Å². The normalized spacial score (nSPS) is 21.8. The molecule has 1 heterocycles. The fraction of sp³-hybridized carbons (Fsp3) is 0.818. The number of halogens is 1. The van der Waals surface area contributed by atoms with Gasteiger partial charge in [0.25, 0.3) is 0 Å². The highest BCUT2D eigenvalue weighted by Gasteiger charge is 2.26. The Kier molecular flexibility index (Phi) is 3.33. The Balaban J connectivity index is 1.87. The summed E-state index contributed by atoms with van der Waals surface area (Å²) in [5, 5.41) is 4.33. The third-order valence-corrected chi connectivity index (χ3v) is 3.91. The van der Waals surface area contributed by atoms with Gasteiger partial charge < -0.3 is 0 Å². The molecule has 1 aliphatic rings. The van der Waals surface area contributed by atoms with Crippen molar-refractivity contribution in [3.05, 3.63) is 10.2 Å². The van der Waals surface area contributed by atoms with Crippen LogP contribution in [-0.2, 0) is 6.54 Å². The quantitative estimate of drug-likeness (QED) is 0.784. The maximum atomic E-state index is 4.33. The molecule has 1 aromatic rings. The zero-order valence-electron chi connectivity index (χ0n) is 9.41. The van der Waals surface area contributed by atoms with Crippen LogP contribution in [0.5, 0.6) is 0 Å². The van der Waals surface area contributed by atoms with E-state index in [1.54, 1.807) is 0 Å². The highest BCUT2D eigenvalue weighted by atomic mass is 127. The maximum absolute atomic E-state index is 4.33. The first-order valence-electron chi connectivity index (χ1n) is 5.60. The summed E-state index contributed by atoms with van der Waals surface area (Å²) in [6, 6.07) is 0. The van der Waals surface area contributed by atoms with Crippen LogP contribution < -0.4 is 0 Å². The zero-order chi connectivity index (χ0) is 10.9. The van der Waals surface area contributed by atoms with E-state index in [-0.39, 0.29) is 0 Å². The van der Waals surface area contributed by atoms with Gasteiger partial charge in [0.2, 0.25) is 3.83 Å². The van der Waals surface area contributed by atoms with Crippen molar-refractivity contribution in [2.75, 3.05) is 0 Å². The molecular formula is C11H18IN3. The van der Waals surface area contributed by atoms with E-state index in [0.29, 0.717) is 5.41 Å². The Hall–Kier alpha value is -0.130. The molecule has 1 aromatic heterocycles. The van der Waals surface area contributed by atoms with Gasteiger partial charge in [-0.3, -0.25) is 4.68 Å². The van der Waals surface area contributed by atoms with Crippen molar-refractivity contribution in [3.63, 3.8) is 0 Å². The van der Waals surface area contributed by atoms with Crippen LogP contribution in [0.2, 0.25) is 0 Å². The Morgan fingerprint density at radius 3 is 2.67 bits per heavy atom. The molecule has 1 saturated carbocycles. The molecule has 0 spiro atoms. The smallest absolute Gasteiger partial charge is 0.211 e. The Bertz CT molecular complexity index is 322. The van der Waals surface area contributed by atoms with Crippen molar-refractivity contribution >= 4 is 22.6 Å². The predicted molar refractivity (Wildman–Crippen MR) is 68.5 cm³/mol. The minimum Gasteiger partial charge on any atom is -0.252 e. The summed E-state index contributed by atoms with van der Waals surface area (Å²) >= 11 is 2.16. The molecule has 3 nitrogen and oxygen atoms in total. The van der Waals surface area contributed by atoms with Crippen molar-refractivity contribution in [3.8, 4) is 0 Å². The SMILES string of the molecule is CC1(C)CCC(Cn2cnc(I)n2)CC1. The molecule has 4 heteroatoms. The van der Waals surface area contributed by atoms with Gasteiger partial charge in [0, 0.05) is 29.1 Å². The van der Waals surface area contributed by atoms with Gasteiger partial charge >= 0.3 is 0 Å². The maximum Gasteiger partial charge on any atom is 0.211 e. The Morgan fingerprint density at radius 2 is 2.13 bits per heavy atom. The highest BCUT2D eigenvalue weighted by molar-refractivity contribution is 14.1. The first-order chi connectivity index (χ1) is 7.05. The summed E-state index contributed by atoms with van der Waals surface area (Å²) in [6.07, 6.45) is 7.22. The number of hydrogen-bond donors (Lipinski definition) is 0. The summed E-state index contributed by atoms with van der Waals surface area (Å²) in [4.78, 5) is 4.15. The number of rotatable bonds is 2. The topological polar surface area (TPSA) is 30.7 Å². The summed E-state index contributed by atoms with van der Waals surface area (Å²) in [5.41, 5.74) is 0.563. The van der Waals surface area contributed by atoms with E-state index in [4.69, 9.17) is 0 Å². The molecule has 1 fully saturated rings. The largest absolute Gasteiger partial charge is 0.252 e. The molecule has 0 aliphatic heterocycles. The van der Waals surface area contributed by atoms with Crippen molar-refractivity contribution in [2.45, 2.75) is 46.1 Å². The van der Waals surface area contributed by atoms with Crippen LogP contribution in [0.1, 0.15) is 39.5 Å². The summed E-state index contributed by atoms with van der Waals surface area (Å²) in [7, 11) is 0. The third kappa shape index (κ3) is 3.16. The molecule has 0 saturated heterocycles. The van der Waals surface area contributed by atoms with Gasteiger partial charge in [-0.05, 0) is 37.0 Å². The molecule has 15 heavy (non-hydrogen) atoms. The van der Waals surface area contributed by atoms with Crippen LogP contribution in [0.3, 0.4) is 0 Å². The van der Waals surface area contributed by atoms with Gasteiger partial charge in [-0.1, -0.05) is 13.8 Å². The van der Waals surface area contributed by atoms with Crippen LogP contribution in [0, 0.1) is 15.2 Å². The molecule has 2 rings (SSSR count). The molecule has 0 radical (unpaired) electrons. The summed E-state index contributed by atoms with van der Waals surface area (Å²) < 4.78 is 2.84. The van der Waals surface area contributed by atoms with E-state index in [9.17, 15) is 0 Å². The number of aromatic nitrogens is 3. The van der Waals surface area contributed by atoms with Crippen molar-refractivity contribution in [2.24, 2.45) is 11.3 Å². The second-order valence-electron chi connectivity index (χ2n) is 5.34. The lowest BCUT2D eigenvalue weighted by Crippen LogP contribution is -2.24. The van der Waals surface area contributed by atoms with Gasteiger partial charge in [0.05, 0.1) is 0 Å². The first kappa shape index (κ1) is 11.4. The fourth-order valence-corrected chi connectivity index (χ4v) is 2.67. The third-order valence-electron chi connectivity index (χ3n) is 3.41. The summed E-state index contributed by atoms with van der Waals surface area (Å²) in [6.45, 7) is 5.80. The van der Waals surface area contributed by atoms with Gasteiger partial charge in [0.15, 0.2) is 0 Å². The van der Waals surface area contributed by atoms with Crippen molar-refractivity contribution in [1.29, 1.82) is 0 Å². The molecule has 0 atom stereocenters. The average molecular weight is 319 g/mol. The summed E-state index contributed by atoms with van der Waals surface area (Å²) in [5.74, 6) is 0.801.